The lowest BCUT2D eigenvalue weighted by atomic mass is 9.98. The van der Waals surface area contributed by atoms with Gasteiger partial charge in [0.15, 0.2) is 6.61 Å². The van der Waals surface area contributed by atoms with Crippen molar-refractivity contribution in [1.29, 1.82) is 0 Å². The van der Waals surface area contributed by atoms with Crippen LogP contribution in [0.25, 0.3) is 0 Å². The van der Waals surface area contributed by atoms with Crippen LogP contribution in [0.4, 0.5) is 15.8 Å². The summed E-state index contributed by atoms with van der Waals surface area (Å²) in [4.78, 5) is 24.2. The van der Waals surface area contributed by atoms with Crippen LogP contribution in [0.3, 0.4) is 0 Å². The zero-order chi connectivity index (χ0) is 22.2. The van der Waals surface area contributed by atoms with Gasteiger partial charge in [-0.1, -0.05) is 11.6 Å². The zero-order valence-electron chi connectivity index (χ0n) is 16.2. The standard InChI is InChI=1S/C20H19ClFN3O5S/c21-13-3-5-16(15(22)8-13)24-20(27)12-2-1-7-25(10-12)31(28,29)14-4-6-18-17(9-14)23-19(26)11-30-18/h3-6,8-9,12H,1-2,7,10-11H2,(H,23,26)(H,24,27)/t12-/m0/s1. The Hall–Kier alpha value is -2.69. The van der Waals surface area contributed by atoms with Gasteiger partial charge in [0.1, 0.15) is 11.6 Å². The van der Waals surface area contributed by atoms with E-state index >= 15 is 0 Å². The Bertz CT molecular complexity index is 1160. The molecule has 2 heterocycles. The number of rotatable bonds is 4. The maximum absolute atomic E-state index is 14.0. The van der Waals surface area contributed by atoms with E-state index in [1.165, 1.54) is 34.6 Å². The molecule has 2 aliphatic rings. The largest absolute Gasteiger partial charge is 0.482 e. The van der Waals surface area contributed by atoms with Gasteiger partial charge in [0, 0.05) is 18.1 Å². The van der Waals surface area contributed by atoms with Crippen molar-refractivity contribution in [2.75, 3.05) is 30.3 Å². The molecule has 31 heavy (non-hydrogen) atoms. The van der Waals surface area contributed by atoms with E-state index in [1.807, 2.05) is 0 Å². The van der Waals surface area contributed by atoms with Gasteiger partial charge in [0.2, 0.25) is 15.9 Å². The number of fused-ring (bicyclic) bond motifs is 1. The summed E-state index contributed by atoms with van der Waals surface area (Å²) in [6, 6.07) is 8.13. The Kier molecular flexibility index (Phi) is 5.87. The van der Waals surface area contributed by atoms with E-state index in [4.69, 9.17) is 16.3 Å². The summed E-state index contributed by atoms with van der Waals surface area (Å²) in [5.41, 5.74) is 0.265. The van der Waals surface area contributed by atoms with Crippen molar-refractivity contribution in [3.63, 3.8) is 0 Å². The lowest BCUT2D eigenvalue weighted by molar-refractivity contribution is -0.121. The second-order valence-corrected chi connectivity index (χ2v) is 9.68. The molecule has 0 unspecified atom stereocenters. The minimum Gasteiger partial charge on any atom is -0.482 e. The number of halogens is 2. The van der Waals surface area contributed by atoms with Gasteiger partial charge < -0.3 is 15.4 Å². The number of benzene rings is 2. The van der Waals surface area contributed by atoms with Gasteiger partial charge in [-0.2, -0.15) is 4.31 Å². The average molecular weight is 468 g/mol. The Morgan fingerprint density at radius 3 is 2.84 bits per heavy atom. The fourth-order valence-electron chi connectivity index (χ4n) is 3.57. The number of ether oxygens (including phenoxy) is 1. The summed E-state index contributed by atoms with van der Waals surface area (Å²) in [5.74, 6) is -1.75. The van der Waals surface area contributed by atoms with E-state index in [0.29, 0.717) is 18.6 Å². The van der Waals surface area contributed by atoms with Crippen LogP contribution < -0.4 is 15.4 Å². The predicted molar refractivity (Wildman–Crippen MR) is 112 cm³/mol. The number of nitrogens with zero attached hydrogens (tertiary/aromatic N) is 1. The first-order valence-electron chi connectivity index (χ1n) is 9.57. The number of anilines is 2. The average Bonchev–Trinajstić information content (AvgIpc) is 2.75. The molecule has 8 nitrogen and oxygen atoms in total. The fourth-order valence-corrected chi connectivity index (χ4v) is 5.28. The van der Waals surface area contributed by atoms with Crippen molar-refractivity contribution >= 4 is 44.8 Å². The molecule has 0 aromatic heterocycles. The molecule has 1 atom stereocenters. The van der Waals surface area contributed by atoms with Crippen LogP contribution in [0.2, 0.25) is 5.02 Å². The molecule has 1 saturated heterocycles. The second-order valence-electron chi connectivity index (χ2n) is 7.31. The number of sulfonamides is 1. The Balaban J connectivity index is 1.50. The van der Waals surface area contributed by atoms with Gasteiger partial charge in [-0.3, -0.25) is 9.59 Å². The third-order valence-electron chi connectivity index (χ3n) is 5.17. The van der Waals surface area contributed by atoms with Crippen LogP contribution in [-0.4, -0.2) is 44.2 Å². The van der Waals surface area contributed by atoms with E-state index in [0.717, 1.165) is 6.07 Å². The molecule has 0 spiro atoms. The predicted octanol–water partition coefficient (Wildman–Crippen LogP) is 2.85. The fraction of sp³-hybridized carbons (Fsp3) is 0.300. The highest BCUT2D eigenvalue weighted by Crippen LogP contribution is 2.32. The molecule has 2 N–H and O–H groups in total. The Morgan fingerprint density at radius 1 is 1.26 bits per heavy atom. The van der Waals surface area contributed by atoms with Crippen LogP contribution in [0.5, 0.6) is 5.75 Å². The summed E-state index contributed by atoms with van der Waals surface area (Å²) < 4.78 is 46.7. The van der Waals surface area contributed by atoms with E-state index in [-0.39, 0.29) is 46.9 Å². The van der Waals surface area contributed by atoms with Crippen molar-refractivity contribution in [3.05, 3.63) is 47.2 Å². The van der Waals surface area contributed by atoms with Crippen LogP contribution in [0, 0.1) is 11.7 Å². The smallest absolute Gasteiger partial charge is 0.262 e. The van der Waals surface area contributed by atoms with Gasteiger partial charge in [0.25, 0.3) is 5.91 Å². The van der Waals surface area contributed by atoms with Gasteiger partial charge in [-0.15, -0.1) is 0 Å². The first kappa shape index (κ1) is 21.5. The Labute approximate surface area is 183 Å². The second kappa shape index (κ2) is 8.45. The Morgan fingerprint density at radius 2 is 2.06 bits per heavy atom. The number of hydrogen-bond acceptors (Lipinski definition) is 5. The molecule has 2 aromatic rings. The molecule has 1 fully saturated rings. The third-order valence-corrected chi connectivity index (χ3v) is 7.26. The van der Waals surface area contributed by atoms with Crippen molar-refractivity contribution < 1.29 is 27.1 Å². The molecular weight excluding hydrogens is 449 g/mol. The highest BCUT2D eigenvalue weighted by atomic mass is 35.5. The van der Waals surface area contributed by atoms with E-state index in [1.54, 1.807) is 0 Å². The molecular formula is C20H19ClFN3O5S. The lowest BCUT2D eigenvalue weighted by Crippen LogP contribution is -2.43. The number of carbonyl (C=O) groups is 2. The van der Waals surface area contributed by atoms with Crippen LogP contribution in [-0.2, 0) is 19.6 Å². The molecule has 0 radical (unpaired) electrons. The van der Waals surface area contributed by atoms with Crippen LogP contribution in [0.1, 0.15) is 12.8 Å². The highest BCUT2D eigenvalue weighted by molar-refractivity contribution is 7.89. The van der Waals surface area contributed by atoms with Gasteiger partial charge >= 0.3 is 0 Å². The van der Waals surface area contributed by atoms with Crippen LogP contribution >= 0.6 is 11.6 Å². The maximum atomic E-state index is 14.0. The monoisotopic (exact) mass is 467 g/mol. The highest BCUT2D eigenvalue weighted by Gasteiger charge is 2.34. The number of carbonyl (C=O) groups excluding carboxylic acids is 2. The first-order valence-corrected chi connectivity index (χ1v) is 11.4. The topological polar surface area (TPSA) is 105 Å². The normalized spacial score (nSPS) is 19.2. The SMILES string of the molecule is O=C1COc2ccc(S(=O)(=O)N3CCC[C@H](C(=O)Nc4ccc(Cl)cc4F)C3)cc2N1. The molecule has 0 aliphatic carbocycles. The summed E-state index contributed by atoms with van der Waals surface area (Å²) in [6.07, 6.45) is 0.951. The quantitative estimate of drug-likeness (QED) is 0.719. The number of piperidine rings is 1. The zero-order valence-corrected chi connectivity index (χ0v) is 17.8. The van der Waals surface area contributed by atoms with Crippen molar-refractivity contribution in [2.45, 2.75) is 17.7 Å². The minimum atomic E-state index is -3.91. The number of amides is 2. The van der Waals surface area contributed by atoms with E-state index in [9.17, 15) is 22.4 Å². The molecule has 11 heteroatoms. The maximum Gasteiger partial charge on any atom is 0.262 e. The third kappa shape index (κ3) is 4.51. The molecule has 2 aromatic carbocycles. The molecule has 2 aliphatic heterocycles. The van der Waals surface area contributed by atoms with Crippen molar-refractivity contribution in [3.8, 4) is 5.75 Å². The van der Waals surface area contributed by atoms with Gasteiger partial charge in [0.05, 0.1) is 22.2 Å². The number of nitrogens with one attached hydrogen (secondary N) is 2. The molecule has 164 valence electrons. The van der Waals surface area contributed by atoms with E-state index in [2.05, 4.69) is 10.6 Å². The van der Waals surface area contributed by atoms with Gasteiger partial charge in [-0.05, 0) is 49.2 Å². The summed E-state index contributed by atoms with van der Waals surface area (Å²) >= 11 is 5.72. The van der Waals surface area contributed by atoms with Crippen molar-refractivity contribution in [1.82, 2.24) is 4.31 Å². The first-order chi connectivity index (χ1) is 14.7. The number of hydrogen-bond donors (Lipinski definition) is 2. The molecule has 4 rings (SSSR count). The molecule has 2 amide bonds. The molecule has 0 saturated carbocycles. The summed E-state index contributed by atoms with van der Waals surface area (Å²) in [6.45, 7) is 0.0842. The lowest BCUT2D eigenvalue weighted by Gasteiger charge is -2.31. The minimum absolute atomic E-state index is 0.0122. The molecule has 0 bridgehead atoms. The van der Waals surface area contributed by atoms with E-state index < -0.39 is 27.7 Å². The summed E-state index contributed by atoms with van der Waals surface area (Å²) in [5, 5.41) is 5.30. The van der Waals surface area contributed by atoms with Crippen LogP contribution in [0.15, 0.2) is 41.3 Å². The summed E-state index contributed by atoms with van der Waals surface area (Å²) in [7, 11) is -3.91. The van der Waals surface area contributed by atoms with Gasteiger partial charge in [-0.25, -0.2) is 12.8 Å². The van der Waals surface area contributed by atoms with Crippen molar-refractivity contribution in [2.24, 2.45) is 5.92 Å².